The first kappa shape index (κ1) is 14.9. The van der Waals surface area contributed by atoms with Crippen molar-refractivity contribution in [3.8, 4) is 5.82 Å². The van der Waals surface area contributed by atoms with Gasteiger partial charge in [-0.2, -0.15) is 4.68 Å². The molecule has 3 amide bonds. The molecule has 120 valence electrons. The molecule has 9 nitrogen and oxygen atoms in total. The zero-order valence-electron chi connectivity index (χ0n) is 12.3. The third-order valence-corrected chi connectivity index (χ3v) is 3.32. The normalized spacial score (nSPS) is 15.0. The van der Waals surface area contributed by atoms with Crippen molar-refractivity contribution < 1.29 is 14.0 Å². The van der Waals surface area contributed by atoms with Gasteiger partial charge in [0.05, 0.1) is 0 Å². The van der Waals surface area contributed by atoms with Crippen LogP contribution in [0.5, 0.6) is 0 Å². The molecule has 0 bridgehead atoms. The van der Waals surface area contributed by atoms with Crippen molar-refractivity contribution >= 4 is 11.9 Å². The van der Waals surface area contributed by atoms with E-state index in [1.54, 1.807) is 7.05 Å². The fourth-order valence-corrected chi connectivity index (χ4v) is 2.15. The maximum atomic E-state index is 13.6. The molecular weight excluding hydrogens is 305 g/mol. The molecule has 23 heavy (non-hydrogen) atoms. The van der Waals surface area contributed by atoms with E-state index >= 15 is 0 Å². The van der Waals surface area contributed by atoms with E-state index < -0.39 is 11.7 Å². The van der Waals surface area contributed by atoms with Crippen molar-refractivity contribution in [1.29, 1.82) is 0 Å². The van der Waals surface area contributed by atoms with Crippen LogP contribution in [0.2, 0.25) is 0 Å². The Hall–Kier alpha value is -3.04. The van der Waals surface area contributed by atoms with Crippen LogP contribution in [0.4, 0.5) is 9.18 Å². The molecule has 2 aromatic heterocycles. The highest BCUT2D eigenvalue weighted by molar-refractivity contribution is 5.91. The highest BCUT2D eigenvalue weighted by Gasteiger charge is 2.25. The second-order valence-corrected chi connectivity index (χ2v) is 4.97. The Kier molecular flexibility index (Phi) is 3.87. The molecule has 0 aliphatic carbocycles. The van der Waals surface area contributed by atoms with Crippen molar-refractivity contribution in [2.75, 3.05) is 20.1 Å². The molecule has 0 unspecified atom stereocenters. The summed E-state index contributed by atoms with van der Waals surface area (Å²) in [6, 6.07) is 2.37. The Morgan fingerprint density at radius 1 is 1.35 bits per heavy atom. The number of hydrazine groups is 1. The van der Waals surface area contributed by atoms with Gasteiger partial charge in [0.15, 0.2) is 11.6 Å². The first-order valence-electron chi connectivity index (χ1n) is 6.92. The summed E-state index contributed by atoms with van der Waals surface area (Å²) in [7, 11) is 1.65. The van der Waals surface area contributed by atoms with Crippen LogP contribution >= 0.6 is 0 Å². The maximum absolute atomic E-state index is 13.6. The van der Waals surface area contributed by atoms with Crippen LogP contribution in [-0.2, 0) is 0 Å². The molecule has 0 saturated carbocycles. The zero-order valence-corrected chi connectivity index (χ0v) is 12.3. The van der Waals surface area contributed by atoms with Gasteiger partial charge < -0.3 is 4.90 Å². The van der Waals surface area contributed by atoms with Crippen molar-refractivity contribution in [3.05, 3.63) is 36.3 Å². The molecule has 0 aromatic carbocycles. The minimum Gasteiger partial charge on any atom is -0.326 e. The number of aromatic nitrogens is 4. The van der Waals surface area contributed by atoms with Crippen LogP contribution in [0, 0.1) is 5.82 Å². The van der Waals surface area contributed by atoms with Crippen LogP contribution < -0.4 is 5.43 Å². The molecular formula is C13H14FN7O2. The Labute approximate surface area is 130 Å². The van der Waals surface area contributed by atoms with Crippen LogP contribution in [0.25, 0.3) is 5.82 Å². The molecule has 1 saturated heterocycles. The summed E-state index contributed by atoms with van der Waals surface area (Å²) in [6.45, 7) is 1.04. The molecule has 3 rings (SSSR count). The van der Waals surface area contributed by atoms with E-state index in [-0.39, 0.29) is 17.7 Å². The number of pyridine rings is 1. The van der Waals surface area contributed by atoms with E-state index in [2.05, 4.69) is 20.5 Å². The number of nitrogens with zero attached hydrogens (tertiary/aromatic N) is 6. The number of urea groups is 1. The number of halogens is 1. The molecule has 3 heterocycles. The summed E-state index contributed by atoms with van der Waals surface area (Å²) in [5.41, 5.74) is 2.45. The van der Waals surface area contributed by atoms with Crippen molar-refractivity contribution in [2.45, 2.75) is 6.42 Å². The summed E-state index contributed by atoms with van der Waals surface area (Å²) in [5, 5.41) is 5.09. The molecule has 0 radical (unpaired) electrons. The van der Waals surface area contributed by atoms with Crippen LogP contribution in [0.15, 0.2) is 24.7 Å². The third kappa shape index (κ3) is 2.96. The minimum absolute atomic E-state index is 0.0622. The Bertz CT molecular complexity index is 747. The predicted molar refractivity (Wildman–Crippen MR) is 75.9 cm³/mol. The second-order valence-electron chi connectivity index (χ2n) is 4.97. The largest absolute Gasteiger partial charge is 0.338 e. The van der Waals surface area contributed by atoms with Gasteiger partial charge in [0.25, 0.3) is 0 Å². The summed E-state index contributed by atoms with van der Waals surface area (Å²) < 4.78 is 14.7. The van der Waals surface area contributed by atoms with E-state index in [0.717, 1.165) is 11.1 Å². The number of hydrogen-bond acceptors (Lipinski definition) is 5. The van der Waals surface area contributed by atoms with Gasteiger partial charge in [0, 0.05) is 26.3 Å². The van der Waals surface area contributed by atoms with Gasteiger partial charge in [0.1, 0.15) is 6.33 Å². The van der Waals surface area contributed by atoms with Crippen LogP contribution in [0.3, 0.4) is 0 Å². The summed E-state index contributed by atoms with van der Waals surface area (Å²) in [6.07, 6.45) is 3.33. The molecule has 1 N–H and O–H groups in total. The predicted octanol–water partition coefficient (Wildman–Crippen LogP) is 0.204. The van der Waals surface area contributed by atoms with E-state index in [1.165, 1.54) is 34.6 Å². The van der Waals surface area contributed by atoms with Gasteiger partial charge in [-0.1, -0.05) is 0 Å². The topological polar surface area (TPSA) is 96.2 Å². The fraction of sp³-hybridized carbons (Fsp3) is 0.308. The average Bonchev–Trinajstić information content (AvgIpc) is 3.02. The zero-order chi connectivity index (χ0) is 16.4. The lowest BCUT2D eigenvalue weighted by atomic mass is 10.3. The van der Waals surface area contributed by atoms with Gasteiger partial charge in [-0.25, -0.2) is 24.2 Å². The quantitative estimate of drug-likeness (QED) is 0.872. The Balaban J connectivity index is 1.74. The SMILES string of the molecule is CN1CCCN(NC(=O)c2ncn(-c3ncccc3F)n2)C1=O. The maximum Gasteiger partial charge on any atom is 0.338 e. The molecule has 1 fully saturated rings. The van der Waals surface area contributed by atoms with Gasteiger partial charge >= 0.3 is 11.9 Å². The van der Waals surface area contributed by atoms with E-state index in [4.69, 9.17) is 0 Å². The third-order valence-electron chi connectivity index (χ3n) is 3.32. The first-order valence-corrected chi connectivity index (χ1v) is 6.92. The molecule has 1 aliphatic heterocycles. The molecule has 2 aromatic rings. The van der Waals surface area contributed by atoms with Gasteiger partial charge in [-0.3, -0.25) is 10.2 Å². The van der Waals surface area contributed by atoms with Crippen LogP contribution in [0.1, 0.15) is 17.0 Å². The molecule has 0 spiro atoms. The summed E-state index contributed by atoms with van der Waals surface area (Å²) >= 11 is 0. The minimum atomic E-state index is -0.649. The highest BCUT2D eigenvalue weighted by Crippen LogP contribution is 2.08. The Morgan fingerprint density at radius 3 is 2.96 bits per heavy atom. The van der Waals surface area contributed by atoms with Crippen LogP contribution in [-0.4, -0.2) is 61.7 Å². The smallest absolute Gasteiger partial charge is 0.326 e. The van der Waals surface area contributed by atoms with Gasteiger partial charge in [-0.15, -0.1) is 5.10 Å². The molecule has 0 atom stereocenters. The molecule has 10 heteroatoms. The second kappa shape index (κ2) is 5.99. The van der Waals surface area contributed by atoms with E-state index in [0.29, 0.717) is 13.1 Å². The lowest BCUT2D eigenvalue weighted by Gasteiger charge is -2.32. The number of amides is 3. The summed E-state index contributed by atoms with van der Waals surface area (Å²) in [5.74, 6) is -1.48. The Morgan fingerprint density at radius 2 is 2.17 bits per heavy atom. The number of carbonyl (C=O) groups excluding carboxylic acids is 2. The number of hydrogen-bond donors (Lipinski definition) is 1. The lowest BCUT2D eigenvalue weighted by molar-refractivity contribution is 0.0728. The molecule has 1 aliphatic rings. The van der Waals surface area contributed by atoms with Gasteiger partial charge in [-0.05, 0) is 18.6 Å². The van der Waals surface area contributed by atoms with Crippen molar-refractivity contribution in [2.24, 2.45) is 0 Å². The van der Waals surface area contributed by atoms with E-state index in [9.17, 15) is 14.0 Å². The monoisotopic (exact) mass is 319 g/mol. The number of carbonyl (C=O) groups is 2. The number of rotatable bonds is 3. The summed E-state index contributed by atoms with van der Waals surface area (Å²) in [4.78, 5) is 33.2. The van der Waals surface area contributed by atoms with Crippen molar-refractivity contribution in [1.82, 2.24) is 35.1 Å². The van der Waals surface area contributed by atoms with Gasteiger partial charge in [0.2, 0.25) is 5.82 Å². The first-order chi connectivity index (χ1) is 11.1. The standard InChI is InChI=1S/C13H14FN7O2/c1-19-6-3-7-20(13(19)23)18-12(22)10-16-8-21(17-10)11-9(14)4-2-5-15-11/h2,4-5,8H,3,6-7H2,1H3,(H,18,22). The van der Waals surface area contributed by atoms with E-state index in [1.807, 2.05) is 0 Å². The average molecular weight is 319 g/mol. The lowest BCUT2D eigenvalue weighted by Crippen LogP contribution is -2.55. The highest BCUT2D eigenvalue weighted by atomic mass is 19.1. The number of nitrogens with one attached hydrogen (secondary N) is 1. The fourth-order valence-electron chi connectivity index (χ4n) is 2.15. The van der Waals surface area contributed by atoms with Crippen molar-refractivity contribution in [3.63, 3.8) is 0 Å².